The van der Waals surface area contributed by atoms with Crippen molar-refractivity contribution in [3.05, 3.63) is 53.3 Å². The van der Waals surface area contributed by atoms with Crippen molar-refractivity contribution in [2.75, 3.05) is 7.11 Å². The molecule has 1 atom stereocenters. The Balaban J connectivity index is 2.15. The van der Waals surface area contributed by atoms with Gasteiger partial charge in [0.1, 0.15) is 18.1 Å². The monoisotopic (exact) mass is 287 g/mol. The first-order valence-electron chi connectivity index (χ1n) is 7.05. The maximum atomic E-state index is 10.0. The van der Waals surface area contributed by atoms with E-state index in [-0.39, 0.29) is 0 Å². The lowest BCUT2D eigenvalue weighted by Gasteiger charge is -2.15. The molecule has 4 heteroatoms. The topological polar surface area (TPSA) is 51.6 Å². The molecular weight excluding hydrogens is 266 g/mol. The van der Waals surface area contributed by atoms with Gasteiger partial charge in [-0.05, 0) is 19.4 Å². The molecular formula is C17H21NO3. The van der Waals surface area contributed by atoms with Crippen LogP contribution < -0.4 is 9.47 Å². The zero-order valence-corrected chi connectivity index (χ0v) is 12.7. The van der Waals surface area contributed by atoms with Gasteiger partial charge in [0, 0.05) is 23.4 Å². The Morgan fingerprint density at radius 3 is 2.71 bits per heavy atom. The summed E-state index contributed by atoms with van der Waals surface area (Å²) in [6.07, 6.45) is 0.137. The average Bonchev–Trinajstić information content (AvgIpc) is 2.51. The van der Waals surface area contributed by atoms with Crippen LogP contribution in [0, 0.1) is 6.92 Å². The van der Waals surface area contributed by atoms with Crippen molar-refractivity contribution in [1.82, 2.24) is 4.98 Å². The third-order valence-corrected chi connectivity index (χ3v) is 3.26. The molecule has 1 aromatic carbocycles. The maximum absolute atomic E-state index is 10.0. The number of benzene rings is 1. The highest BCUT2D eigenvalue weighted by Gasteiger charge is 2.11. The van der Waals surface area contributed by atoms with Crippen LogP contribution in [0.15, 0.2) is 36.4 Å². The first-order chi connectivity index (χ1) is 10.1. The van der Waals surface area contributed by atoms with Crippen LogP contribution in [0.3, 0.4) is 0 Å². The molecule has 1 N–H and O–H groups in total. The first kappa shape index (κ1) is 15.3. The highest BCUT2D eigenvalue weighted by Crippen LogP contribution is 2.27. The Hall–Kier alpha value is -2.07. The van der Waals surface area contributed by atoms with Crippen LogP contribution in [0.2, 0.25) is 0 Å². The summed E-state index contributed by atoms with van der Waals surface area (Å²) in [5.74, 6) is 1.46. The Bertz CT molecular complexity index is 598. The summed E-state index contributed by atoms with van der Waals surface area (Å²) in [6.45, 7) is 4.20. The highest BCUT2D eigenvalue weighted by atomic mass is 16.5. The number of aromatic nitrogens is 1. The molecule has 0 aliphatic rings. The predicted molar refractivity (Wildman–Crippen MR) is 81.6 cm³/mol. The van der Waals surface area contributed by atoms with E-state index < -0.39 is 6.10 Å². The van der Waals surface area contributed by atoms with Gasteiger partial charge >= 0.3 is 0 Å². The number of rotatable bonds is 6. The smallest absolute Gasteiger partial charge is 0.130 e. The van der Waals surface area contributed by atoms with E-state index in [2.05, 4.69) is 4.98 Å². The SMILES string of the molecule is CC[C@H](O)c1ccccc1OCc1cc(OC)cc(C)n1. The summed E-state index contributed by atoms with van der Waals surface area (Å²) in [7, 11) is 1.63. The normalized spacial score (nSPS) is 12.0. The Labute approximate surface area is 125 Å². The van der Waals surface area contributed by atoms with E-state index >= 15 is 0 Å². The minimum atomic E-state index is -0.513. The molecule has 4 nitrogen and oxygen atoms in total. The van der Waals surface area contributed by atoms with Crippen molar-refractivity contribution in [2.24, 2.45) is 0 Å². The van der Waals surface area contributed by atoms with Gasteiger partial charge in [0.25, 0.3) is 0 Å². The van der Waals surface area contributed by atoms with Crippen molar-refractivity contribution in [1.29, 1.82) is 0 Å². The second-order valence-electron chi connectivity index (χ2n) is 4.89. The van der Waals surface area contributed by atoms with Crippen molar-refractivity contribution < 1.29 is 14.6 Å². The van der Waals surface area contributed by atoms with E-state index in [4.69, 9.17) is 9.47 Å². The summed E-state index contributed by atoms with van der Waals surface area (Å²) >= 11 is 0. The molecule has 0 fully saturated rings. The molecule has 0 bridgehead atoms. The predicted octanol–water partition coefficient (Wildman–Crippen LogP) is 3.42. The standard InChI is InChI=1S/C17H21NO3/c1-4-16(19)15-7-5-6-8-17(15)21-11-13-10-14(20-3)9-12(2)18-13/h5-10,16,19H,4,11H2,1-3H3/t16-/m0/s1. The van der Waals surface area contributed by atoms with Gasteiger partial charge in [-0.2, -0.15) is 0 Å². The first-order valence-corrected chi connectivity index (χ1v) is 7.05. The van der Waals surface area contributed by atoms with E-state index in [0.717, 1.165) is 22.7 Å². The molecule has 1 heterocycles. The lowest BCUT2D eigenvalue weighted by molar-refractivity contribution is 0.166. The van der Waals surface area contributed by atoms with Gasteiger partial charge in [0.2, 0.25) is 0 Å². The number of nitrogens with zero attached hydrogens (tertiary/aromatic N) is 1. The number of pyridine rings is 1. The largest absolute Gasteiger partial charge is 0.497 e. The average molecular weight is 287 g/mol. The molecule has 0 radical (unpaired) electrons. The number of aliphatic hydroxyl groups is 1. The van der Waals surface area contributed by atoms with Crippen molar-refractivity contribution in [3.63, 3.8) is 0 Å². The fourth-order valence-corrected chi connectivity index (χ4v) is 2.15. The Kier molecular flexibility index (Phi) is 5.17. The minimum absolute atomic E-state index is 0.339. The van der Waals surface area contributed by atoms with Gasteiger partial charge in [0.05, 0.1) is 18.9 Å². The number of aryl methyl sites for hydroxylation is 1. The van der Waals surface area contributed by atoms with Crippen LogP contribution >= 0.6 is 0 Å². The molecule has 0 spiro atoms. The highest BCUT2D eigenvalue weighted by molar-refractivity contribution is 5.35. The summed E-state index contributed by atoms with van der Waals surface area (Å²) in [5, 5.41) is 10.0. The number of aliphatic hydroxyl groups excluding tert-OH is 1. The van der Waals surface area contributed by atoms with Crippen molar-refractivity contribution >= 4 is 0 Å². The quantitative estimate of drug-likeness (QED) is 0.884. The van der Waals surface area contributed by atoms with Crippen LogP contribution in [-0.4, -0.2) is 17.2 Å². The Morgan fingerprint density at radius 1 is 1.24 bits per heavy atom. The van der Waals surface area contributed by atoms with Crippen LogP contribution in [0.5, 0.6) is 11.5 Å². The van der Waals surface area contributed by atoms with Crippen molar-refractivity contribution in [3.8, 4) is 11.5 Å². The number of para-hydroxylation sites is 1. The summed E-state index contributed by atoms with van der Waals surface area (Å²) < 4.78 is 11.1. The van der Waals surface area contributed by atoms with E-state index in [0.29, 0.717) is 18.8 Å². The van der Waals surface area contributed by atoms with Gasteiger partial charge in [-0.15, -0.1) is 0 Å². The van der Waals surface area contributed by atoms with Gasteiger partial charge in [-0.1, -0.05) is 25.1 Å². The van der Waals surface area contributed by atoms with E-state index in [9.17, 15) is 5.11 Å². The van der Waals surface area contributed by atoms with E-state index in [1.165, 1.54) is 0 Å². The van der Waals surface area contributed by atoms with Crippen molar-refractivity contribution in [2.45, 2.75) is 33.0 Å². The number of hydrogen-bond donors (Lipinski definition) is 1. The summed E-state index contributed by atoms with van der Waals surface area (Å²) in [6, 6.07) is 11.3. The van der Waals surface area contributed by atoms with Crippen LogP contribution in [0.4, 0.5) is 0 Å². The molecule has 0 unspecified atom stereocenters. The molecule has 2 rings (SSSR count). The molecule has 2 aromatic rings. The third kappa shape index (κ3) is 3.95. The van der Waals surface area contributed by atoms with Crippen LogP contribution in [0.1, 0.15) is 36.4 Å². The number of hydrogen-bond acceptors (Lipinski definition) is 4. The lowest BCUT2D eigenvalue weighted by Crippen LogP contribution is -2.04. The zero-order valence-electron chi connectivity index (χ0n) is 12.7. The van der Waals surface area contributed by atoms with Gasteiger partial charge in [-0.25, -0.2) is 0 Å². The molecule has 0 saturated carbocycles. The van der Waals surface area contributed by atoms with Crippen LogP contribution in [0.25, 0.3) is 0 Å². The molecule has 0 saturated heterocycles. The Morgan fingerprint density at radius 2 is 2.00 bits per heavy atom. The van der Waals surface area contributed by atoms with Crippen LogP contribution in [-0.2, 0) is 6.61 Å². The lowest BCUT2D eigenvalue weighted by atomic mass is 10.1. The maximum Gasteiger partial charge on any atom is 0.130 e. The molecule has 0 aliphatic carbocycles. The molecule has 1 aromatic heterocycles. The van der Waals surface area contributed by atoms with E-state index in [1.54, 1.807) is 7.11 Å². The summed E-state index contributed by atoms with van der Waals surface area (Å²) in [5.41, 5.74) is 2.49. The van der Waals surface area contributed by atoms with E-state index in [1.807, 2.05) is 50.2 Å². The second-order valence-corrected chi connectivity index (χ2v) is 4.89. The number of methoxy groups -OCH3 is 1. The second kappa shape index (κ2) is 7.09. The molecule has 21 heavy (non-hydrogen) atoms. The molecule has 112 valence electrons. The minimum Gasteiger partial charge on any atom is -0.497 e. The fourth-order valence-electron chi connectivity index (χ4n) is 2.15. The van der Waals surface area contributed by atoms with Gasteiger partial charge < -0.3 is 14.6 Å². The fraction of sp³-hybridized carbons (Fsp3) is 0.353. The summed E-state index contributed by atoms with van der Waals surface area (Å²) in [4.78, 5) is 4.42. The number of ether oxygens (including phenoxy) is 2. The molecule has 0 aliphatic heterocycles. The molecule has 0 amide bonds. The zero-order chi connectivity index (χ0) is 15.2. The third-order valence-electron chi connectivity index (χ3n) is 3.26. The van der Waals surface area contributed by atoms with Gasteiger partial charge in [0.15, 0.2) is 0 Å². The van der Waals surface area contributed by atoms with Gasteiger partial charge in [-0.3, -0.25) is 4.98 Å².